The molecule has 19 heavy (non-hydrogen) atoms. The van der Waals surface area contributed by atoms with Crippen LogP contribution in [0, 0.1) is 47.3 Å². The number of nitrogens with zero attached hydrogens (tertiary/aromatic N) is 1. The van der Waals surface area contributed by atoms with E-state index in [2.05, 4.69) is 13.8 Å². The van der Waals surface area contributed by atoms with Crippen LogP contribution in [0.4, 0.5) is 0 Å². The molecule has 0 radical (unpaired) electrons. The Labute approximate surface area is 114 Å². The number of rotatable bonds is 1. The molecular weight excluding hydrogens is 238 g/mol. The van der Waals surface area contributed by atoms with Gasteiger partial charge in [-0.25, -0.2) is 0 Å². The molecule has 1 saturated heterocycles. The fourth-order valence-corrected chi connectivity index (χ4v) is 6.43. The second kappa shape index (κ2) is 3.62. The number of hydrogen-bond acceptors (Lipinski definition) is 2. The Morgan fingerprint density at radius 1 is 1.05 bits per heavy atom. The van der Waals surface area contributed by atoms with E-state index in [4.69, 9.17) is 0 Å². The smallest absolute Gasteiger partial charge is 0.233 e. The summed E-state index contributed by atoms with van der Waals surface area (Å²) in [7, 11) is 1.68. The Balaban J connectivity index is 1.74. The Kier molecular flexibility index (Phi) is 2.27. The van der Waals surface area contributed by atoms with E-state index in [-0.39, 0.29) is 23.7 Å². The lowest BCUT2D eigenvalue weighted by Gasteiger charge is -2.35. The van der Waals surface area contributed by atoms with E-state index in [9.17, 15) is 9.59 Å². The molecule has 0 aromatic heterocycles. The fourth-order valence-electron chi connectivity index (χ4n) is 6.43. The number of likely N-dealkylation sites (tertiary alicyclic amines) is 1. The van der Waals surface area contributed by atoms with E-state index < -0.39 is 0 Å². The topological polar surface area (TPSA) is 37.4 Å². The van der Waals surface area contributed by atoms with Crippen LogP contribution in [0.5, 0.6) is 0 Å². The van der Waals surface area contributed by atoms with Gasteiger partial charge in [-0.3, -0.25) is 14.5 Å². The molecule has 8 atom stereocenters. The quantitative estimate of drug-likeness (QED) is 0.678. The van der Waals surface area contributed by atoms with Crippen LogP contribution in [0.15, 0.2) is 0 Å². The van der Waals surface area contributed by atoms with Gasteiger partial charge in [0.15, 0.2) is 0 Å². The Bertz CT molecular complexity index is 460. The van der Waals surface area contributed by atoms with Gasteiger partial charge in [0, 0.05) is 7.05 Å². The largest absolute Gasteiger partial charge is 0.285 e. The highest BCUT2D eigenvalue weighted by Crippen LogP contribution is 2.68. The minimum Gasteiger partial charge on any atom is -0.285 e. The number of fused-ring (bicyclic) bond motifs is 8. The van der Waals surface area contributed by atoms with Crippen molar-refractivity contribution >= 4 is 11.8 Å². The average molecular weight is 261 g/mol. The van der Waals surface area contributed by atoms with Gasteiger partial charge in [-0.05, 0) is 48.3 Å². The molecule has 0 aromatic rings. The first kappa shape index (κ1) is 11.9. The molecule has 3 saturated carbocycles. The summed E-state index contributed by atoms with van der Waals surface area (Å²) in [6, 6.07) is 0. The van der Waals surface area contributed by atoms with Crippen molar-refractivity contribution in [2.45, 2.75) is 33.1 Å². The summed E-state index contributed by atoms with van der Waals surface area (Å²) < 4.78 is 0. The van der Waals surface area contributed by atoms with Crippen molar-refractivity contribution in [3.05, 3.63) is 0 Å². The molecule has 1 aliphatic heterocycles. The van der Waals surface area contributed by atoms with Gasteiger partial charge in [-0.1, -0.05) is 20.3 Å². The summed E-state index contributed by atoms with van der Waals surface area (Å²) in [5, 5.41) is 0. The van der Waals surface area contributed by atoms with Crippen molar-refractivity contribution in [2.75, 3.05) is 7.05 Å². The minimum absolute atomic E-state index is 0.0433. The molecule has 3 nitrogen and oxygen atoms in total. The fraction of sp³-hybridized carbons (Fsp3) is 0.875. The van der Waals surface area contributed by atoms with Gasteiger partial charge >= 0.3 is 0 Å². The molecule has 1 heterocycles. The van der Waals surface area contributed by atoms with Crippen molar-refractivity contribution in [3.8, 4) is 0 Å². The van der Waals surface area contributed by atoms with Gasteiger partial charge in [-0.2, -0.15) is 0 Å². The molecule has 0 aromatic carbocycles. The first-order chi connectivity index (χ1) is 9.06. The summed E-state index contributed by atoms with van der Waals surface area (Å²) in [5.41, 5.74) is 0. The van der Waals surface area contributed by atoms with Crippen molar-refractivity contribution in [1.29, 1.82) is 0 Å². The number of carbonyl (C=O) groups excluding carboxylic acids is 2. The Morgan fingerprint density at radius 3 is 2.21 bits per heavy atom. The normalized spacial score (nSPS) is 55.0. The van der Waals surface area contributed by atoms with Crippen LogP contribution in [-0.2, 0) is 9.59 Å². The van der Waals surface area contributed by atoms with Crippen LogP contribution in [0.1, 0.15) is 33.1 Å². The SMILES string of the molecule is CCC1CC(C)C2C3CC(C4C(=O)N(C)C(=O)C34)C12. The third-order valence-electron chi connectivity index (χ3n) is 6.92. The van der Waals surface area contributed by atoms with E-state index in [1.165, 1.54) is 17.7 Å². The highest BCUT2D eigenvalue weighted by Gasteiger charge is 2.69. The van der Waals surface area contributed by atoms with Gasteiger partial charge in [-0.15, -0.1) is 0 Å². The maximum Gasteiger partial charge on any atom is 0.233 e. The van der Waals surface area contributed by atoms with Crippen molar-refractivity contribution in [1.82, 2.24) is 4.90 Å². The maximum atomic E-state index is 12.4. The zero-order valence-electron chi connectivity index (χ0n) is 12.0. The van der Waals surface area contributed by atoms with Gasteiger partial charge in [0.1, 0.15) is 0 Å². The molecule has 4 aliphatic rings. The third-order valence-corrected chi connectivity index (χ3v) is 6.92. The molecule has 2 amide bonds. The Hall–Kier alpha value is -0.860. The summed E-state index contributed by atoms with van der Waals surface area (Å²) in [4.78, 5) is 26.1. The second-order valence-electron chi connectivity index (χ2n) is 7.39. The molecule has 0 N–H and O–H groups in total. The molecule has 2 bridgehead atoms. The predicted molar refractivity (Wildman–Crippen MR) is 70.9 cm³/mol. The van der Waals surface area contributed by atoms with E-state index in [0.717, 1.165) is 30.1 Å². The number of hydrogen-bond donors (Lipinski definition) is 0. The first-order valence-corrected chi connectivity index (χ1v) is 7.87. The molecule has 8 unspecified atom stereocenters. The van der Waals surface area contributed by atoms with Crippen molar-refractivity contribution in [3.63, 3.8) is 0 Å². The highest BCUT2D eigenvalue weighted by molar-refractivity contribution is 6.05. The monoisotopic (exact) mass is 261 g/mol. The molecule has 3 heteroatoms. The standard InChI is InChI=1S/C16H23NO2/c1-4-8-5-7(2)11-9-6-10(12(8)11)14-13(9)15(18)17(3)16(14)19/h7-14H,4-6H2,1-3H3. The Morgan fingerprint density at radius 2 is 1.63 bits per heavy atom. The maximum absolute atomic E-state index is 12.4. The second-order valence-corrected chi connectivity index (χ2v) is 7.39. The lowest BCUT2D eigenvalue weighted by Crippen LogP contribution is -2.37. The van der Waals surface area contributed by atoms with Crippen molar-refractivity contribution in [2.24, 2.45) is 47.3 Å². The molecule has 4 fully saturated rings. The minimum atomic E-state index is 0.0433. The van der Waals surface area contributed by atoms with Gasteiger partial charge in [0.25, 0.3) is 0 Å². The highest BCUT2D eigenvalue weighted by atomic mass is 16.2. The summed E-state index contributed by atoms with van der Waals surface area (Å²) in [6.07, 6.45) is 3.71. The van der Waals surface area contributed by atoms with Gasteiger partial charge < -0.3 is 0 Å². The molecular formula is C16H23NO2. The molecule has 3 aliphatic carbocycles. The van der Waals surface area contributed by atoms with Crippen LogP contribution >= 0.6 is 0 Å². The van der Waals surface area contributed by atoms with Gasteiger partial charge in [0.2, 0.25) is 11.8 Å². The number of imide groups is 1. The van der Waals surface area contributed by atoms with Crippen LogP contribution < -0.4 is 0 Å². The van der Waals surface area contributed by atoms with Crippen molar-refractivity contribution < 1.29 is 9.59 Å². The third kappa shape index (κ3) is 1.20. The first-order valence-electron chi connectivity index (χ1n) is 7.87. The van der Waals surface area contributed by atoms with E-state index in [0.29, 0.717) is 11.8 Å². The average Bonchev–Trinajstić information content (AvgIpc) is 3.08. The van der Waals surface area contributed by atoms with Crippen LogP contribution in [0.25, 0.3) is 0 Å². The van der Waals surface area contributed by atoms with Crippen LogP contribution in [-0.4, -0.2) is 23.8 Å². The predicted octanol–water partition coefficient (Wildman–Crippen LogP) is 2.17. The summed E-state index contributed by atoms with van der Waals surface area (Å²) in [6.45, 7) is 4.66. The molecule has 0 spiro atoms. The van der Waals surface area contributed by atoms with E-state index in [1.54, 1.807) is 7.05 Å². The zero-order valence-corrected chi connectivity index (χ0v) is 12.0. The molecule has 4 rings (SSSR count). The van der Waals surface area contributed by atoms with E-state index in [1.807, 2.05) is 0 Å². The number of carbonyl (C=O) groups is 2. The lowest BCUT2D eigenvalue weighted by atomic mass is 9.67. The lowest BCUT2D eigenvalue weighted by molar-refractivity contribution is -0.139. The summed E-state index contributed by atoms with van der Waals surface area (Å²) in [5.74, 6) is 4.34. The van der Waals surface area contributed by atoms with E-state index >= 15 is 0 Å². The molecule has 104 valence electrons. The van der Waals surface area contributed by atoms with Crippen LogP contribution in [0.2, 0.25) is 0 Å². The van der Waals surface area contributed by atoms with Crippen LogP contribution in [0.3, 0.4) is 0 Å². The number of amides is 2. The summed E-state index contributed by atoms with van der Waals surface area (Å²) >= 11 is 0. The zero-order chi connectivity index (χ0) is 13.5. The van der Waals surface area contributed by atoms with Gasteiger partial charge in [0.05, 0.1) is 11.8 Å².